The van der Waals surface area contributed by atoms with Crippen molar-refractivity contribution >= 4 is 5.91 Å². The summed E-state index contributed by atoms with van der Waals surface area (Å²) < 4.78 is 51.4. The highest BCUT2D eigenvalue weighted by molar-refractivity contribution is 5.73. The fraction of sp³-hybridized carbons (Fsp3) is 0.969. The second kappa shape index (κ2) is 20.1. The Morgan fingerprint density at radius 1 is 0.448 bits per heavy atom. The Hall–Kier alpha value is -1.49. The van der Waals surface area contributed by atoms with Crippen LogP contribution in [0.5, 0.6) is 0 Å². The van der Waals surface area contributed by atoms with Gasteiger partial charge in [-0.15, -0.1) is 0 Å². The molecule has 26 nitrogen and oxygen atoms in total. The lowest BCUT2D eigenvalue weighted by Crippen LogP contribution is -2.71. The van der Waals surface area contributed by atoms with Crippen LogP contribution in [0.2, 0.25) is 0 Å². The standard InChI is InChI=1S/C32H55NO25/c1-7-14(39)17(42)21(46)30(50-7)56-25-12(6-37)54-29(13(33-8(2)38)26(25)57-31-22(47)18(43)15(40)9(3-34)52-31)58-27-16(41)10(4-35)53-32(23(27)48)55-24-11(5-36)51-28(49)20(45)19(24)44/h7,9-32,34-37,39-49H,3-6H2,1-2H3,(H,33,38)/t7-,9-,10-,11-,12-,13-,14+,15+,16+,17+,18+,19-,20-,21-,22-,23-,24-,25-,26-,27+,28-,29+,30-,31+,32+/m1/s1. The Balaban J connectivity index is 1.50. The maximum Gasteiger partial charge on any atom is 0.217 e. The van der Waals surface area contributed by atoms with E-state index in [2.05, 4.69) is 5.32 Å². The van der Waals surface area contributed by atoms with E-state index < -0.39 is 186 Å². The van der Waals surface area contributed by atoms with Crippen molar-refractivity contribution in [1.82, 2.24) is 5.32 Å². The largest absolute Gasteiger partial charge is 0.394 e. The van der Waals surface area contributed by atoms with Crippen molar-refractivity contribution in [2.24, 2.45) is 0 Å². The van der Waals surface area contributed by atoms with Crippen LogP contribution in [0.4, 0.5) is 0 Å². The normalized spacial score (nSPS) is 51.6. The van der Waals surface area contributed by atoms with E-state index in [1.54, 1.807) is 0 Å². The fourth-order valence-electron chi connectivity index (χ4n) is 7.37. The first-order valence-electron chi connectivity index (χ1n) is 18.5. The third-order valence-corrected chi connectivity index (χ3v) is 10.7. The van der Waals surface area contributed by atoms with E-state index in [-0.39, 0.29) is 0 Å². The molecule has 58 heavy (non-hydrogen) atoms. The molecule has 5 rings (SSSR count). The van der Waals surface area contributed by atoms with Crippen LogP contribution in [0, 0.1) is 0 Å². The third-order valence-electron chi connectivity index (χ3n) is 10.7. The van der Waals surface area contributed by atoms with Crippen molar-refractivity contribution in [3.05, 3.63) is 0 Å². The molecule has 5 fully saturated rings. The lowest BCUT2D eigenvalue weighted by atomic mass is 9.93. The molecule has 5 aliphatic rings. The smallest absolute Gasteiger partial charge is 0.217 e. The number of hydrogen-bond acceptors (Lipinski definition) is 25. The Kier molecular flexibility index (Phi) is 16.5. The molecule has 0 bridgehead atoms. The van der Waals surface area contributed by atoms with Crippen molar-refractivity contribution in [2.45, 2.75) is 167 Å². The zero-order valence-corrected chi connectivity index (χ0v) is 31.1. The summed E-state index contributed by atoms with van der Waals surface area (Å²) in [6.07, 6.45) is -43.6. The van der Waals surface area contributed by atoms with Crippen LogP contribution in [0.15, 0.2) is 0 Å². The minimum absolute atomic E-state index is 0.837. The molecule has 0 radical (unpaired) electrons. The molecule has 1 amide bonds. The fourth-order valence-corrected chi connectivity index (χ4v) is 7.37. The lowest BCUT2D eigenvalue weighted by Gasteiger charge is -2.51. The topological polar surface area (TPSA) is 416 Å². The molecule has 338 valence electrons. The maximum absolute atomic E-state index is 12.8. The number of ether oxygens (including phenoxy) is 9. The van der Waals surface area contributed by atoms with Gasteiger partial charge < -0.3 is 125 Å². The van der Waals surface area contributed by atoms with E-state index in [0.29, 0.717) is 0 Å². The third kappa shape index (κ3) is 9.75. The van der Waals surface area contributed by atoms with Gasteiger partial charge in [0, 0.05) is 6.92 Å². The summed E-state index contributed by atoms with van der Waals surface area (Å²) >= 11 is 0. The summed E-state index contributed by atoms with van der Waals surface area (Å²) in [5, 5.41) is 159. The number of aliphatic hydroxyl groups is 15. The lowest BCUT2D eigenvalue weighted by molar-refractivity contribution is -0.391. The summed E-state index contributed by atoms with van der Waals surface area (Å²) in [6, 6.07) is -1.75. The summed E-state index contributed by atoms with van der Waals surface area (Å²) in [5.41, 5.74) is 0. The van der Waals surface area contributed by atoms with Gasteiger partial charge in [0.2, 0.25) is 5.91 Å². The summed E-state index contributed by atoms with van der Waals surface area (Å²) in [4.78, 5) is 12.8. The SMILES string of the molecule is CC(=O)N[C@H]1[C@H](O[C@H]2[C@@H](O)[C@@H](CO)O[C@@H](O[C@H]3[C@H](O)[C@@H](O)[C@H](O)O[C@@H]3CO)[C@@H]2O)O[C@H](CO)[C@@H](O[C@H]2O[C@H](C)[C@H](O)[C@H](O)[C@H]2O)[C@@H]1O[C@@H]1O[C@H](CO)[C@H](O)[C@H](O)[C@H]1O. The van der Waals surface area contributed by atoms with E-state index in [4.69, 9.17) is 42.6 Å². The van der Waals surface area contributed by atoms with Crippen LogP contribution in [-0.2, 0) is 47.4 Å². The molecule has 5 heterocycles. The van der Waals surface area contributed by atoms with Gasteiger partial charge in [-0.05, 0) is 6.92 Å². The number of nitrogens with one attached hydrogen (secondary N) is 1. The number of carbonyl (C=O) groups excluding carboxylic acids is 1. The number of amides is 1. The molecule has 0 unspecified atom stereocenters. The van der Waals surface area contributed by atoms with E-state index in [1.165, 1.54) is 6.92 Å². The van der Waals surface area contributed by atoms with Crippen molar-refractivity contribution in [2.75, 3.05) is 26.4 Å². The Morgan fingerprint density at radius 3 is 1.47 bits per heavy atom. The van der Waals surface area contributed by atoms with E-state index in [0.717, 1.165) is 6.92 Å². The molecular weight excluding hydrogens is 798 g/mol. The second-order valence-electron chi connectivity index (χ2n) is 14.7. The predicted octanol–water partition coefficient (Wildman–Crippen LogP) is -10.8. The molecule has 0 aromatic rings. The Bertz CT molecular complexity index is 1300. The van der Waals surface area contributed by atoms with Gasteiger partial charge in [0.1, 0.15) is 116 Å². The summed E-state index contributed by atoms with van der Waals surface area (Å²) in [6.45, 7) is -1.37. The molecule has 5 saturated heterocycles. The number of carbonyl (C=O) groups is 1. The van der Waals surface area contributed by atoms with Gasteiger partial charge in [0.25, 0.3) is 0 Å². The van der Waals surface area contributed by atoms with Crippen molar-refractivity contribution < 1.29 is 124 Å². The highest BCUT2D eigenvalue weighted by Crippen LogP contribution is 2.36. The maximum atomic E-state index is 12.8. The van der Waals surface area contributed by atoms with Crippen molar-refractivity contribution in [3.8, 4) is 0 Å². The molecule has 25 atom stereocenters. The number of rotatable bonds is 13. The van der Waals surface area contributed by atoms with Crippen LogP contribution in [0.25, 0.3) is 0 Å². The van der Waals surface area contributed by atoms with E-state index in [1.807, 2.05) is 0 Å². The average Bonchev–Trinajstić information content (AvgIpc) is 3.19. The zero-order valence-electron chi connectivity index (χ0n) is 31.1. The molecule has 5 aliphatic heterocycles. The Labute approximate surface area is 329 Å². The first-order chi connectivity index (χ1) is 27.4. The molecule has 26 heteroatoms. The van der Waals surface area contributed by atoms with Crippen molar-refractivity contribution in [1.29, 1.82) is 0 Å². The summed E-state index contributed by atoms with van der Waals surface area (Å²) in [5.74, 6) is -0.837. The average molecular weight is 854 g/mol. The predicted molar refractivity (Wildman–Crippen MR) is 177 cm³/mol. The first-order valence-corrected chi connectivity index (χ1v) is 18.5. The highest BCUT2D eigenvalue weighted by Gasteiger charge is 2.57. The first kappa shape index (κ1) is 47.6. The van der Waals surface area contributed by atoms with Gasteiger partial charge in [-0.2, -0.15) is 0 Å². The molecule has 0 aromatic carbocycles. The molecule has 0 aliphatic carbocycles. The molecule has 0 saturated carbocycles. The van der Waals surface area contributed by atoms with Gasteiger partial charge in [0.05, 0.1) is 32.5 Å². The highest BCUT2D eigenvalue weighted by atomic mass is 16.8. The van der Waals surface area contributed by atoms with Crippen LogP contribution in [0.3, 0.4) is 0 Å². The Morgan fingerprint density at radius 2 is 0.897 bits per heavy atom. The quantitative estimate of drug-likeness (QED) is 0.0818. The second-order valence-corrected chi connectivity index (χ2v) is 14.7. The van der Waals surface area contributed by atoms with Gasteiger partial charge in [-0.1, -0.05) is 0 Å². The van der Waals surface area contributed by atoms with Gasteiger partial charge in [0.15, 0.2) is 31.5 Å². The minimum Gasteiger partial charge on any atom is -0.394 e. The van der Waals surface area contributed by atoms with Gasteiger partial charge in [-0.3, -0.25) is 4.79 Å². The molecule has 0 spiro atoms. The monoisotopic (exact) mass is 853 g/mol. The van der Waals surface area contributed by atoms with Gasteiger partial charge >= 0.3 is 0 Å². The van der Waals surface area contributed by atoms with E-state index in [9.17, 15) is 81.4 Å². The van der Waals surface area contributed by atoms with Crippen molar-refractivity contribution in [3.63, 3.8) is 0 Å². The van der Waals surface area contributed by atoms with Gasteiger partial charge in [-0.25, -0.2) is 0 Å². The number of hydrogen-bond donors (Lipinski definition) is 16. The summed E-state index contributed by atoms with van der Waals surface area (Å²) in [7, 11) is 0. The van der Waals surface area contributed by atoms with E-state index >= 15 is 0 Å². The van der Waals surface area contributed by atoms with Crippen LogP contribution < -0.4 is 5.32 Å². The molecule has 16 N–H and O–H groups in total. The minimum atomic E-state index is -2.12. The van der Waals surface area contributed by atoms with Crippen LogP contribution in [-0.4, -0.2) is 262 Å². The molecular formula is C32H55NO25. The zero-order chi connectivity index (χ0) is 42.9. The van der Waals surface area contributed by atoms with Crippen LogP contribution in [0.1, 0.15) is 13.8 Å². The molecule has 0 aromatic heterocycles. The number of aliphatic hydroxyl groups excluding tert-OH is 15. The van der Waals surface area contributed by atoms with Crippen LogP contribution >= 0.6 is 0 Å².